The van der Waals surface area contributed by atoms with Gasteiger partial charge in [-0.2, -0.15) is 0 Å². The smallest absolute Gasteiger partial charge is 0.138 e. The fourth-order valence-corrected chi connectivity index (χ4v) is 5.58. The van der Waals surface area contributed by atoms with Crippen LogP contribution in [0.4, 0.5) is 0 Å². The number of aromatic nitrogens is 2. The Kier molecular flexibility index (Phi) is 3.18. The van der Waals surface area contributed by atoms with Crippen LogP contribution < -0.4 is 4.74 Å². The minimum Gasteiger partial charge on any atom is -0.488 e. The monoisotopic (exact) mass is 345 g/mol. The van der Waals surface area contributed by atoms with Crippen LogP contribution in [-0.4, -0.2) is 40.6 Å². The Morgan fingerprint density at radius 3 is 2.69 bits per heavy atom. The van der Waals surface area contributed by atoms with E-state index in [2.05, 4.69) is 45.2 Å². The van der Waals surface area contributed by atoms with E-state index in [1.807, 2.05) is 18.6 Å². The Morgan fingerprint density at radius 1 is 0.962 bits per heavy atom. The van der Waals surface area contributed by atoms with E-state index in [-0.39, 0.29) is 0 Å². The second-order valence-corrected chi connectivity index (χ2v) is 8.35. The van der Waals surface area contributed by atoms with Crippen LogP contribution in [0.1, 0.15) is 12.8 Å². The van der Waals surface area contributed by atoms with Crippen LogP contribution in [0.2, 0.25) is 0 Å². The number of aromatic amines is 1. The zero-order chi connectivity index (χ0) is 17.1. The summed E-state index contributed by atoms with van der Waals surface area (Å²) in [6, 6.07) is 10.8. The van der Waals surface area contributed by atoms with Gasteiger partial charge < -0.3 is 14.6 Å². The summed E-state index contributed by atoms with van der Waals surface area (Å²) in [5, 5.41) is 1.23. The van der Waals surface area contributed by atoms with E-state index in [0.29, 0.717) is 17.9 Å². The summed E-state index contributed by atoms with van der Waals surface area (Å²) < 4.78 is 6.53. The predicted molar refractivity (Wildman–Crippen MR) is 102 cm³/mol. The molecule has 132 valence electrons. The van der Waals surface area contributed by atoms with Crippen molar-refractivity contribution < 1.29 is 4.74 Å². The molecule has 1 aliphatic carbocycles. The van der Waals surface area contributed by atoms with Crippen molar-refractivity contribution in [2.75, 3.05) is 19.6 Å². The molecule has 0 spiro atoms. The molecule has 4 aliphatic rings. The minimum atomic E-state index is 0.366. The SMILES string of the molecule is c1cc2ccc(-c3cncc(OC4C5CC6CC4CN(C6)C5)c3)cc2[nH]1. The van der Waals surface area contributed by atoms with Crippen molar-refractivity contribution in [3.8, 4) is 16.9 Å². The van der Waals surface area contributed by atoms with Gasteiger partial charge in [0.05, 0.1) is 6.20 Å². The van der Waals surface area contributed by atoms with Crippen LogP contribution in [0.5, 0.6) is 5.75 Å². The lowest BCUT2D eigenvalue weighted by molar-refractivity contribution is -0.0985. The average molecular weight is 345 g/mol. The second-order valence-electron chi connectivity index (χ2n) is 8.35. The highest BCUT2D eigenvalue weighted by molar-refractivity contribution is 5.84. The van der Waals surface area contributed by atoms with Crippen LogP contribution in [-0.2, 0) is 0 Å². The standard InChI is InChI=1S/C22H23N3O/c1-2-16(8-21-15(1)3-4-24-21)17-7-20(10-23-9-17)26-22-18-5-14-6-19(22)13-25(11-14)12-18/h1-4,7-10,14,18-19,22,24H,5-6,11-13H2. The molecule has 3 aliphatic heterocycles. The van der Waals surface area contributed by atoms with Crippen molar-refractivity contribution >= 4 is 10.9 Å². The molecule has 2 aromatic heterocycles. The van der Waals surface area contributed by atoms with Gasteiger partial charge in [0, 0.05) is 54.9 Å². The van der Waals surface area contributed by atoms with E-state index in [9.17, 15) is 0 Å². The number of benzene rings is 1. The van der Waals surface area contributed by atoms with Crippen molar-refractivity contribution in [1.29, 1.82) is 0 Å². The normalized spacial score (nSPS) is 32.2. The maximum absolute atomic E-state index is 6.53. The molecule has 26 heavy (non-hydrogen) atoms. The third-order valence-corrected chi connectivity index (χ3v) is 6.58. The van der Waals surface area contributed by atoms with E-state index in [1.54, 1.807) is 0 Å². The molecule has 7 rings (SSSR count). The third kappa shape index (κ3) is 2.36. The lowest BCUT2D eigenvalue weighted by Gasteiger charge is -2.55. The molecule has 4 heteroatoms. The van der Waals surface area contributed by atoms with Crippen LogP contribution in [0.15, 0.2) is 48.9 Å². The van der Waals surface area contributed by atoms with E-state index >= 15 is 0 Å². The zero-order valence-corrected chi connectivity index (χ0v) is 14.8. The fourth-order valence-electron chi connectivity index (χ4n) is 5.58. The number of fused-ring (bicyclic) bond motifs is 1. The van der Waals surface area contributed by atoms with Gasteiger partial charge in [-0.15, -0.1) is 0 Å². The molecule has 0 amide bonds. The fraction of sp³-hybridized carbons (Fsp3) is 0.409. The van der Waals surface area contributed by atoms with Crippen LogP contribution in [0.25, 0.3) is 22.0 Å². The lowest BCUT2D eigenvalue weighted by Crippen LogP contribution is -2.61. The summed E-state index contributed by atoms with van der Waals surface area (Å²) in [7, 11) is 0. The van der Waals surface area contributed by atoms with Gasteiger partial charge in [-0.05, 0) is 47.9 Å². The number of hydrogen-bond donors (Lipinski definition) is 1. The number of nitrogens with zero attached hydrogens (tertiary/aromatic N) is 2. The highest BCUT2D eigenvalue weighted by atomic mass is 16.5. The lowest BCUT2D eigenvalue weighted by atomic mass is 9.66. The maximum atomic E-state index is 6.53. The van der Waals surface area contributed by atoms with Gasteiger partial charge in [0.25, 0.3) is 0 Å². The van der Waals surface area contributed by atoms with Crippen molar-refractivity contribution in [1.82, 2.24) is 14.9 Å². The van der Waals surface area contributed by atoms with Gasteiger partial charge in [0.15, 0.2) is 0 Å². The van der Waals surface area contributed by atoms with Crippen molar-refractivity contribution in [2.24, 2.45) is 17.8 Å². The van der Waals surface area contributed by atoms with Gasteiger partial charge in [0.1, 0.15) is 11.9 Å². The Balaban J connectivity index is 1.28. The summed E-state index contributed by atoms with van der Waals surface area (Å²) in [5.41, 5.74) is 3.45. The Morgan fingerprint density at radius 2 is 1.85 bits per heavy atom. The number of rotatable bonds is 3. The maximum Gasteiger partial charge on any atom is 0.138 e. The topological polar surface area (TPSA) is 41.1 Å². The van der Waals surface area contributed by atoms with Gasteiger partial charge >= 0.3 is 0 Å². The van der Waals surface area contributed by atoms with E-state index in [0.717, 1.165) is 22.7 Å². The molecule has 1 saturated carbocycles. The van der Waals surface area contributed by atoms with E-state index < -0.39 is 0 Å². The molecule has 0 radical (unpaired) electrons. The molecular formula is C22H23N3O. The minimum absolute atomic E-state index is 0.366. The zero-order valence-electron chi connectivity index (χ0n) is 14.8. The summed E-state index contributed by atoms with van der Waals surface area (Å²) in [5.74, 6) is 3.21. The first kappa shape index (κ1) is 14.8. The van der Waals surface area contributed by atoms with Crippen molar-refractivity contribution in [3.63, 3.8) is 0 Å². The van der Waals surface area contributed by atoms with Crippen LogP contribution in [0, 0.1) is 17.8 Å². The Bertz CT molecular complexity index is 935. The van der Waals surface area contributed by atoms with E-state index in [4.69, 9.17) is 4.74 Å². The van der Waals surface area contributed by atoms with Crippen molar-refractivity contribution in [3.05, 3.63) is 48.9 Å². The first-order valence-electron chi connectivity index (χ1n) is 9.73. The molecule has 4 bridgehead atoms. The van der Waals surface area contributed by atoms with Gasteiger partial charge in [-0.1, -0.05) is 12.1 Å². The van der Waals surface area contributed by atoms with Gasteiger partial charge in [-0.25, -0.2) is 0 Å². The summed E-state index contributed by atoms with van der Waals surface area (Å²) in [6.07, 6.45) is 8.84. The van der Waals surface area contributed by atoms with Gasteiger partial charge in [-0.3, -0.25) is 4.98 Å². The first-order chi connectivity index (χ1) is 12.8. The number of nitrogens with one attached hydrogen (secondary N) is 1. The largest absolute Gasteiger partial charge is 0.488 e. The average Bonchev–Trinajstić information content (AvgIpc) is 3.12. The van der Waals surface area contributed by atoms with E-state index in [1.165, 1.54) is 43.4 Å². The van der Waals surface area contributed by atoms with Crippen LogP contribution in [0.3, 0.4) is 0 Å². The molecule has 1 aromatic carbocycles. The van der Waals surface area contributed by atoms with Crippen molar-refractivity contribution in [2.45, 2.75) is 18.9 Å². The quantitative estimate of drug-likeness (QED) is 0.781. The number of hydrogen-bond acceptors (Lipinski definition) is 3. The Hall–Kier alpha value is -2.33. The molecule has 4 nitrogen and oxygen atoms in total. The highest BCUT2D eigenvalue weighted by Crippen LogP contribution is 2.45. The summed E-state index contributed by atoms with van der Waals surface area (Å²) in [4.78, 5) is 10.4. The molecule has 2 atom stereocenters. The summed E-state index contributed by atoms with van der Waals surface area (Å²) in [6.45, 7) is 3.75. The molecule has 3 aromatic rings. The Labute approximate surface area is 153 Å². The molecule has 2 unspecified atom stereocenters. The number of ether oxygens (including phenoxy) is 1. The first-order valence-corrected chi connectivity index (χ1v) is 9.73. The summed E-state index contributed by atoms with van der Waals surface area (Å²) >= 11 is 0. The number of piperidine rings is 3. The number of H-pyrrole nitrogens is 1. The third-order valence-electron chi connectivity index (χ3n) is 6.58. The number of pyridine rings is 1. The second kappa shape index (κ2) is 5.58. The molecule has 3 saturated heterocycles. The highest BCUT2D eigenvalue weighted by Gasteiger charge is 2.48. The molecule has 1 N–H and O–H groups in total. The molecule has 4 fully saturated rings. The predicted octanol–water partition coefficient (Wildman–Crippen LogP) is 3.95. The van der Waals surface area contributed by atoms with Crippen LogP contribution >= 0.6 is 0 Å². The van der Waals surface area contributed by atoms with Gasteiger partial charge in [0.2, 0.25) is 0 Å². The molecular weight excluding hydrogens is 322 g/mol. The molecule has 5 heterocycles.